The topological polar surface area (TPSA) is 158 Å². The first-order valence-electron chi connectivity index (χ1n) is 14.2. The van der Waals surface area contributed by atoms with Crippen molar-refractivity contribution in [3.63, 3.8) is 0 Å². The van der Waals surface area contributed by atoms with Gasteiger partial charge < -0.3 is 19.1 Å². The highest BCUT2D eigenvalue weighted by Crippen LogP contribution is 2.50. The van der Waals surface area contributed by atoms with Gasteiger partial charge in [0.15, 0.2) is 0 Å². The Hall–Kier alpha value is -3.32. The zero-order valence-corrected chi connectivity index (χ0v) is 26.2. The van der Waals surface area contributed by atoms with Crippen LogP contribution in [0.2, 0.25) is 0 Å². The van der Waals surface area contributed by atoms with Crippen LogP contribution in [-0.2, 0) is 30.0 Å². The molecule has 0 amide bonds. The molecule has 2 aromatic carbocycles. The number of nitrogens with zero attached hydrogens (tertiary/aromatic N) is 1. The van der Waals surface area contributed by atoms with Gasteiger partial charge in [0.1, 0.15) is 30.2 Å². The van der Waals surface area contributed by atoms with Crippen LogP contribution in [0.3, 0.4) is 0 Å². The molecule has 1 aromatic heterocycles. The monoisotopic (exact) mass is 689 g/mol. The summed E-state index contributed by atoms with van der Waals surface area (Å²) in [6.07, 6.45) is 1.88. The molecule has 2 unspecified atom stereocenters. The van der Waals surface area contributed by atoms with E-state index in [1.54, 1.807) is 30.3 Å². The molecule has 1 saturated carbocycles. The van der Waals surface area contributed by atoms with Gasteiger partial charge in [-0.3, -0.25) is 23.7 Å². The van der Waals surface area contributed by atoms with Crippen molar-refractivity contribution in [3.05, 3.63) is 104 Å². The lowest BCUT2D eigenvalue weighted by molar-refractivity contribution is -0.152. The third-order valence-electron chi connectivity index (χ3n) is 7.54. The molecular weight excluding hydrogens is 657 g/mol. The number of H-pyrrole nitrogens is 1. The molecule has 2 aliphatic rings. The van der Waals surface area contributed by atoms with Gasteiger partial charge in [0.05, 0.1) is 18.3 Å². The van der Waals surface area contributed by atoms with Crippen molar-refractivity contribution in [1.29, 1.82) is 0 Å². The van der Waals surface area contributed by atoms with E-state index in [-0.39, 0.29) is 24.3 Å². The van der Waals surface area contributed by atoms with E-state index in [9.17, 15) is 24.1 Å². The quantitative estimate of drug-likeness (QED) is 0.184. The molecule has 0 bridgehead atoms. The lowest BCUT2D eigenvalue weighted by Crippen LogP contribution is -2.50. The summed E-state index contributed by atoms with van der Waals surface area (Å²) >= 11 is 3.11. The summed E-state index contributed by atoms with van der Waals surface area (Å²) in [7, 11) is -4.28. The van der Waals surface area contributed by atoms with Crippen molar-refractivity contribution in [2.24, 2.45) is 0 Å². The summed E-state index contributed by atoms with van der Waals surface area (Å²) in [5, 5.41) is 13.7. The van der Waals surface area contributed by atoms with E-state index in [0.717, 1.165) is 5.56 Å². The fourth-order valence-electron chi connectivity index (χ4n) is 5.27. The highest BCUT2D eigenvalue weighted by atomic mass is 79.9. The molecule has 3 N–H and O–H groups in total. The largest absolute Gasteiger partial charge is 0.459 e. The molecule has 2 heterocycles. The van der Waals surface area contributed by atoms with E-state index >= 15 is 0 Å². The van der Waals surface area contributed by atoms with Crippen molar-refractivity contribution in [2.45, 2.75) is 62.7 Å². The second-order valence-electron chi connectivity index (χ2n) is 10.6. The number of para-hydroxylation sites is 1. The first kappa shape index (κ1) is 32.1. The Morgan fingerprint density at radius 1 is 1.14 bits per heavy atom. The Morgan fingerprint density at radius 3 is 2.50 bits per heavy atom. The maximum atomic E-state index is 14.3. The van der Waals surface area contributed by atoms with Gasteiger partial charge in [-0.1, -0.05) is 77.3 Å². The number of nitrogens with one attached hydrogen (secondary N) is 2. The minimum absolute atomic E-state index is 0.00443. The fraction of sp³-hybridized carbons (Fsp3) is 0.367. The second kappa shape index (κ2) is 14.2. The van der Waals surface area contributed by atoms with Gasteiger partial charge in [0, 0.05) is 12.6 Å². The smallest absolute Gasteiger partial charge is 0.459 e. The number of aliphatic hydroxyl groups is 1. The molecule has 12 nitrogen and oxygen atoms in total. The van der Waals surface area contributed by atoms with Crippen LogP contribution in [0.25, 0.3) is 6.08 Å². The van der Waals surface area contributed by atoms with Gasteiger partial charge in [-0.15, -0.1) is 0 Å². The van der Waals surface area contributed by atoms with Crippen LogP contribution < -0.4 is 20.9 Å². The van der Waals surface area contributed by atoms with Gasteiger partial charge in [0.25, 0.3) is 5.56 Å². The predicted octanol–water partition coefficient (Wildman–Crippen LogP) is 4.40. The van der Waals surface area contributed by atoms with Crippen LogP contribution in [-0.4, -0.2) is 45.0 Å². The molecule has 14 heteroatoms. The third-order valence-corrected chi connectivity index (χ3v) is 9.45. The molecule has 1 aliphatic carbocycles. The maximum Gasteiger partial charge on any atom is 0.459 e. The number of carbonyl (C=O) groups excluding carboxylic acids is 1. The SMILES string of the molecule is O=C(OCc1ccccc1)C1(NP(=O)(OCC2O[C@@H](n3cc(/C=C/Br)c(=O)[nH]c3=O)C[C@H]2O)Oc2ccccc2)CCCC1. The Kier molecular flexibility index (Phi) is 10.3. The fourth-order valence-corrected chi connectivity index (χ4v) is 7.30. The number of rotatable bonds is 12. The molecule has 2 fully saturated rings. The normalized spacial score (nSPS) is 22.5. The third kappa shape index (κ3) is 7.66. The highest BCUT2D eigenvalue weighted by Gasteiger charge is 2.50. The molecule has 1 aliphatic heterocycles. The molecule has 1 saturated heterocycles. The number of ether oxygens (including phenoxy) is 2. The standard InChI is InChI=1S/C30H33BrN3O9P/c31-16-13-22-18-34(29(38)32-27(22)36)26-17-24(35)25(42-26)20-41-44(39,43-23-11-5-2-6-12-23)33-30(14-7-8-15-30)28(37)40-19-21-9-3-1-4-10-21/h1-6,9-13,16,18,24-26,35H,7-8,14-15,17,19-20H2,(H,33,39)(H,32,36,38)/b16-13+/t24-,25?,26-,44?/m1/s1. The summed E-state index contributed by atoms with van der Waals surface area (Å²) < 4.78 is 38.8. The molecule has 44 heavy (non-hydrogen) atoms. The molecule has 0 radical (unpaired) electrons. The maximum absolute atomic E-state index is 14.3. The van der Waals surface area contributed by atoms with Crippen molar-refractivity contribution in [1.82, 2.24) is 14.6 Å². The van der Waals surface area contributed by atoms with Crippen LogP contribution in [0.4, 0.5) is 0 Å². The number of aromatic amines is 1. The number of hydrogen-bond donors (Lipinski definition) is 3. The van der Waals surface area contributed by atoms with Crippen molar-refractivity contribution in [3.8, 4) is 5.75 Å². The molecule has 234 valence electrons. The van der Waals surface area contributed by atoms with E-state index in [0.29, 0.717) is 25.7 Å². The summed E-state index contributed by atoms with van der Waals surface area (Å²) in [5.41, 5.74) is -1.59. The van der Waals surface area contributed by atoms with Crippen molar-refractivity contribution < 1.29 is 33.0 Å². The van der Waals surface area contributed by atoms with Gasteiger partial charge in [0.2, 0.25) is 0 Å². The second-order valence-corrected chi connectivity index (χ2v) is 12.8. The average Bonchev–Trinajstić information content (AvgIpc) is 3.64. The molecule has 5 rings (SSSR count). The van der Waals surface area contributed by atoms with Crippen molar-refractivity contribution in [2.75, 3.05) is 6.61 Å². The van der Waals surface area contributed by atoms with Gasteiger partial charge >= 0.3 is 19.4 Å². The van der Waals surface area contributed by atoms with Gasteiger partial charge in [-0.2, -0.15) is 5.09 Å². The number of carbonyl (C=O) groups is 1. The number of esters is 1. The van der Waals surface area contributed by atoms with Crippen molar-refractivity contribution >= 4 is 35.7 Å². The molecule has 4 atom stereocenters. The minimum Gasteiger partial charge on any atom is -0.459 e. The van der Waals surface area contributed by atoms with Crippen LogP contribution in [0.15, 0.2) is 81.4 Å². The number of aliphatic hydroxyl groups excluding tert-OH is 1. The Balaban J connectivity index is 1.33. The lowest BCUT2D eigenvalue weighted by atomic mass is 10.00. The summed E-state index contributed by atoms with van der Waals surface area (Å²) in [6, 6.07) is 17.6. The Morgan fingerprint density at radius 2 is 1.82 bits per heavy atom. The zero-order chi connectivity index (χ0) is 31.2. The minimum atomic E-state index is -4.28. The van der Waals surface area contributed by atoms with E-state index in [2.05, 4.69) is 26.0 Å². The summed E-state index contributed by atoms with van der Waals surface area (Å²) in [5.74, 6) is -0.325. The average molecular weight is 690 g/mol. The number of benzene rings is 2. The first-order valence-corrected chi connectivity index (χ1v) is 16.6. The van der Waals surface area contributed by atoms with Crippen LogP contribution in [0.1, 0.15) is 49.5 Å². The molecular formula is C30H33BrN3O9P. The van der Waals surface area contributed by atoms with Crippen LogP contribution in [0, 0.1) is 0 Å². The Bertz CT molecular complexity index is 1620. The highest BCUT2D eigenvalue weighted by molar-refractivity contribution is 9.11. The predicted molar refractivity (Wildman–Crippen MR) is 165 cm³/mol. The van der Waals surface area contributed by atoms with E-state index in [1.807, 2.05) is 30.3 Å². The van der Waals surface area contributed by atoms with E-state index < -0.39 is 55.5 Å². The van der Waals surface area contributed by atoms with Gasteiger partial charge in [-0.05, 0) is 41.6 Å². The number of aromatic nitrogens is 2. The van der Waals surface area contributed by atoms with Gasteiger partial charge in [-0.25, -0.2) is 9.36 Å². The van der Waals surface area contributed by atoms with E-state index in [4.69, 9.17) is 18.5 Å². The first-order chi connectivity index (χ1) is 21.2. The lowest BCUT2D eigenvalue weighted by Gasteiger charge is -2.32. The summed E-state index contributed by atoms with van der Waals surface area (Å²) in [4.78, 5) is 41.8. The summed E-state index contributed by atoms with van der Waals surface area (Å²) in [6.45, 7) is -0.343. The number of hydrogen-bond acceptors (Lipinski definition) is 9. The molecule has 0 spiro atoms. The molecule has 3 aromatic rings. The zero-order valence-electron chi connectivity index (χ0n) is 23.7. The van der Waals surface area contributed by atoms with Crippen LogP contribution >= 0.6 is 23.7 Å². The Labute approximate surface area is 261 Å². The number of halogens is 1. The van der Waals surface area contributed by atoms with E-state index in [1.165, 1.54) is 21.8 Å². The van der Waals surface area contributed by atoms with Crippen LogP contribution in [0.5, 0.6) is 5.75 Å².